The van der Waals surface area contributed by atoms with Crippen molar-refractivity contribution in [1.82, 2.24) is 14.3 Å². The molecule has 2 bridgehead atoms. The van der Waals surface area contributed by atoms with Gasteiger partial charge in [-0.05, 0) is 104 Å². The molecule has 2 fully saturated rings. The fourth-order valence-electron chi connectivity index (χ4n) is 7.06. The second kappa shape index (κ2) is 15.0. The van der Waals surface area contributed by atoms with Crippen LogP contribution in [0.2, 0.25) is 5.02 Å². The van der Waals surface area contributed by atoms with E-state index in [-0.39, 0.29) is 30.0 Å². The normalized spacial score (nSPS) is 27.7. The standard InChI is InChI=1S/C36H47ClN4O7S/c1-40-17-4-3-7-32(42)30-14-9-26(30)23-41-18-5-2-6-25-20-28(37)11-8-24(25)16-19-48-33-15-10-27(21-31(33)41)36(45,22-34(40)43)35(44)39-49(46,47)38-29-12-13-29/h3,7-8,10-11,15,20-21,26,29-30,32,38,42,45H,2,4-6,9,12-14,16-19,22-23H2,1H3,(H,39,44)/b7-3+/t26-,30+,32-,36+/m0/s1. The number of nitrogens with one attached hydrogen (secondary N) is 2. The van der Waals surface area contributed by atoms with Crippen molar-refractivity contribution in [2.24, 2.45) is 11.8 Å². The minimum Gasteiger partial charge on any atom is -0.491 e. The smallest absolute Gasteiger partial charge is 0.301 e. The maximum Gasteiger partial charge on any atom is 0.301 e. The summed E-state index contributed by atoms with van der Waals surface area (Å²) in [6, 6.07) is 10.6. The first-order valence-corrected chi connectivity index (χ1v) is 19.2. The molecule has 0 aromatic heterocycles. The number of carbonyl (C=O) groups is 2. The molecule has 4 N–H and O–H groups in total. The van der Waals surface area contributed by atoms with Gasteiger partial charge in [-0.2, -0.15) is 13.1 Å². The van der Waals surface area contributed by atoms with Crippen LogP contribution < -0.4 is 19.1 Å². The molecule has 2 aromatic carbocycles. The largest absolute Gasteiger partial charge is 0.491 e. The van der Waals surface area contributed by atoms with Crippen molar-refractivity contribution >= 4 is 39.3 Å². The quantitative estimate of drug-likeness (QED) is 0.352. The molecule has 11 nitrogen and oxygen atoms in total. The molecule has 49 heavy (non-hydrogen) atoms. The first kappa shape index (κ1) is 35.7. The number of halogens is 1. The number of aliphatic hydroxyl groups is 2. The van der Waals surface area contributed by atoms with Gasteiger partial charge in [0.2, 0.25) is 5.91 Å². The number of amides is 2. The highest BCUT2D eigenvalue weighted by molar-refractivity contribution is 7.88. The van der Waals surface area contributed by atoms with E-state index in [1.54, 1.807) is 25.3 Å². The predicted octanol–water partition coefficient (Wildman–Crippen LogP) is 3.60. The molecule has 2 saturated carbocycles. The van der Waals surface area contributed by atoms with E-state index in [0.717, 1.165) is 37.7 Å². The van der Waals surface area contributed by atoms with E-state index in [9.17, 15) is 28.2 Å². The lowest BCUT2D eigenvalue weighted by Gasteiger charge is -2.43. The molecule has 4 atom stereocenters. The van der Waals surface area contributed by atoms with Crippen LogP contribution in [0, 0.1) is 11.8 Å². The number of aryl methyl sites for hydroxylation is 1. The monoisotopic (exact) mass is 714 g/mol. The summed E-state index contributed by atoms with van der Waals surface area (Å²) in [6.45, 7) is 1.90. The lowest BCUT2D eigenvalue weighted by molar-refractivity contribution is -0.148. The van der Waals surface area contributed by atoms with Crippen LogP contribution in [-0.2, 0) is 38.2 Å². The maximum atomic E-state index is 13.8. The lowest BCUT2D eigenvalue weighted by atomic mass is 9.70. The van der Waals surface area contributed by atoms with E-state index in [1.165, 1.54) is 16.5 Å². The van der Waals surface area contributed by atoms with Crippen LogP contribution in [0.4, 0.5) is 5.69 Å². The van der Waals surface area contributed by atoms with Gasteiger partial charge in [-0.1, -0.05) is 35.9 Å². The van der Waals surface area contributed by atoms with Crippen molar-refractivity contribution in [2.75, 3.05) is 38.2 Å². The van der Waals surface area contributed by atoms with Gasteiger partial charge in [-0.25, -0.2) is 4.72 Å². The van der Waals surface area contributed by atoms with Crippen molar-refractivity contribution in [1.29, 1.82) is 0 Å². The summed E-state index contributed by atoms with van der Waals surface area (Å²) in [5.74, 6) is -0.933. The topological polar surface area (TPSA) is 149 Å². The number of rotatable bonds is 4. The summed E-state index contributed by atoms with van der Waals surface area (Å²) in [4.78, 5) is 30.9. The first-order valence-electron chi connectivity index (χ1n) is 17.4. The Bertz CT molecular complexity index is 1680. The third kappa shape index (κ3) is 8.60. The highest BCUT2D eigenvalue weighted by atomic mass is 35.5. The van der Waals surface area contributed by atoms with E-state index in [1.807, 2.05) is 29.0 Å². The number of hydrogen-bond acceptors (Lipinski definition) is 8. The molecule has 2 heterocycles. The second-order valence-corrected chi connectivity index (χ2v) is 15.9. The van der Waals surface area contributed by atoms with Gasteiger partial charge in [-0.3, -0.25) is 9.59 Å². The third-order valence-electron chi connectivity index (χ3n) is 10.4. The molecule has 13 heteroatoms. The van der Waals surface area contributed by atoms with E-state index >= 15 is 0 Å². The number of ether oxygens (including phenoxy) is 1. The van der Waals surface area contributed by atoms with Crippen LogP contribution in [0.15, 0.2) is 48.6 Å². The van der Waals surface area contributed by atoms with Gasteiger partial charge in [0.1, 0.15) is 5.75 Å². The summed E-state index contributed by atoms with van der Waals surface area (Å²) < 4.78 is 36.5. The number of nitrogens with zero attached hydrogens (tertiary/aromatic N) is 2. The van der Waals surface area contributed by atoms with Gasteiger partial charge >= 0.3 is 10.2 Å². The van der Waals surface area contributed by atoms with Gasteiger partial charge in [-0.15, -0.1) is 0 Å². The van der Waals surface area contributed by atoms with E-state index in [0.29, 0.717) is 61.8 Å². The zero-order valence-electron chi connectivity index (χ0n) is 27.9. The Balaban J connectivity index is 1.41. The van der Waals surface area contributed by atoms with Crippen molar-refractivity contribution in [3.05, 3.63) is 70.3 Å². The number of hydrogen-bond donors (Lipinski definition) is 4. The average Bonchev–Trinajstić information content (AvgIpc) is 3.85. The molecule has 0 unspecified atom stereocenters. The van der Waals surface area contributed by atoms with Crippen LogP contribution in [0.5, 0.6) is 5.75 Å². The fraction of sp³-hybridized carbons (Fsp3) is 0.556. The Hall–Kier alpha value is -3.16. The predicted molar refractivity (Wildman–Crippen MR) is 188 cm³/mol. The summed E-state index contributed by atoms with van der Waals surface area (Å²) in [5, 5.41) is 24.0. The summed E-state index contributed by atoms with van der Waals surface area (Å²) in [6.07, 6.45) is 9.25. The molecule has 266 valence electrons. The molecule has 4 aliphatic rings. The van der Waals surface area contributed by atoms with Crippen molar-refractivity contribution in [3.8, 4) is 5.75 Å². The highest BCUT2D eigenvalue weighted by Crippen LogP contribution is 2.42. The molecular weight excluding hydrogens is 668 g/mol. The van der Waals surface area contributed by atoms with Gasteiger partial charge < -0.3 is 24.7 Å². The lowest BCUT2D eigenvalue weighted by Crippen LogP contribution is -2.52. The van der Waals surface area contributed by atoms with Gasteiger partial charge in [0, 0.05) is 44.2 Å². The van der Waals surface area contributed by atoms with E-state index < -0.39 is 40.1 Å². The van der Waals surface area contributed by atoms with E-state index in [4.69, 9.17) is 16.3 Å². The number of anilines is 1. The zero-order valence-corrected chi connectivity index (χ0v) is 29.5. The Labute approximate surface area is 293 Å². The Morgan fingerprint density at radius 1 is 1.04 bits per heavy atom. The molecule has 0 spiro atoms. The van der Waals surface area contributed by atoms with Crippen LogP contribution >= 0.6 is 11.6 Å². The van der Waals surface area contributed by atoms with Crippen molar-refractivity contribution in [2.45, 2.75) is 82.0 Å². The Kier molecular flexibility index (Phi) is 10.9. The van der Waals surface area contributed by atoms with Gasteiger partial charge in [0.05, 0.1) is 24.8 Å². The molecule has 0 radical (unpaired) electrons. The highest BCUT2D eigenvalue weighted by Gasteiger charge is 2.44. The molecule has 2 amide bonds. The average molecular weight is 715 g/mol. The Morgan fingerprint density at radius 2 is 1.86 bits per heavy atom. The van der Waals surface area contributed by atoms with Crippen molar-refractivity contribution in [3.63, 3.8) is 0 Å². The number of fused-ring (bicyclic) bond motifs is 3. The number of carbonyl (C=O) groups excluding carboxylic acids is 2. The molecule has 2 aliphatic carbocycles. The van der Waals surface area contributed by atoms with Crippen LogP contribution in [0.3, 0.4) is 0 Å². The van der Waals surface area contributed by atoms with Crippen LogP contribution in [0.25, 0.3) is 0 Å². The van der Waals surface area contributed by atoms with E-state index in [2.05, 4.69) is 9.62 Å². The molecule has 2 aliphatic heterocycles. The fourth-order valence-corrected chi connectivity index (χ4v) is 8.40. The van der Waals surface area contributed by atoms with Crippen LogP contribution in [-0.4, -0.2) is 80.8 Å². The molecule has 6 rings (SSSR count). The summed E-state index contributed by atoms with van der Waals surface area (Å²) >= 11 is 6.35. The summed E-state index contributed by atoms with van der Waals surface area (Å²) in [7, 11) is -2.72. The SMILES string of the molecule is CN1CC/C=C/[C@H](O)[C@@H]2CC[C@H]2CN2CCCCc3cc(Cl)ccc3CCOc3ccc(cc32)[C@@](O)(C(=O)NS(=O)(=O)NC2CC2)CC1=O. The third-order valence-corrected chi connectivity index (χ3v) is 11.7. The summed E-state index contributed by atoms with van der Waals surface area (Å²) in [5.41, 5.74) is 0.587. The first-order chi connectivity index (χ1) is 23.4. The maximum absolute atomic E-state index is 13.8. The number of aliphatic hydroxyl groups excluding tert-OH is 1. The van der Waals surface area contributed by atoms with Gasteiger partial charge in [0.15, 0.2) is 5.60 Å². The molecule has 2 aromatic rings. The second-order valence-electron chi connectivity index (χ2n) is 14.0. The Morgan fingerprint density at radius 3 is 2.61 bits per heavy atom. The minimum atomic E-state index is -4.29. The van der Waals surface area contributed by atoms with Gasteiger partial charge in [0.25, 0.3) is 5.91 Å². The minimum absolute atomic E-state index is 0.0679. The zero-order chi connectivity index (χ0) is 34.8. The van der Waals surface area contributed by atoms with Crippen LogP contribution in [0.1, 0.15) is 68.1 Å². The molecule has 0 saturated heterocycles. The molecular formula is C36H47ClN4O7S. The number of benzene rings is 2. The van der Waals surface area contributed by atoms with Crippen molar-refractivity contribution < 1.29 is 33.0 Å².